The Morgan fingerprint density at radius 3 is 2.76 bits per heavy atom. The highest BCUT2D eigenvalue weighted by Gasteiger charge is 2.31. The Morgan fingerprint density at radius 1 is 1.29 bits per heavy atom. The van der Waals surface area contributed by atoms with Gasteiger partial charge >= 0.3 is 0 Å². The molecule has 2 fully saturated rings. The summed E-state index contributed by atoms with van der Waals surface area (Å²) in [5.41, 5.74) is 1.15. The van der Waals surface area contributed by atoms with Crippen LogP contribution in [0.2, 0.25) is 0 Å². The molecule has 1 aliphatic heterocycles. The van der Waals surface area contributed by atoms with Crippen molar-refractivity contribution in [3.63, 3.8) is 0 Å². The Balaban J connectivity index is 1.44. The molecule has 1 aromatic rings. The van der Waals surface area contributed by atoms with Crippen LogP contribution in [-0.2, 0) is 6.42 Å². The maximum atomic E-state index is 10.2. The second-order valence-corrected chi connectivity index (χ2v) is 6.54. The zero-order valence-electron chi connectivity index (χ0n) is 12.7. The van der Waals surface area contributed by atoms with Gasteiger partial charge in [0.05, 0.1) is 6.10 Å². The zero-order valence-corrected chi connectivity index (χ0v) is 12.7. The van der Waals surface area contributed by atoms with Crippen molar-refractivity contribution in [2.75, 3.05) is 26.2 Å². The molecule has 2 aliphatic rings. The number of hydrogen-bond donors (Lipinski definition) is 2. The SMILES string of the molecule is OC(CNC(Cc1ccccn1)C1CC1)CN1CCCC1. The highest BCUT2D eigenvalue weighted by molar-refractivity contribution is 5.07. The molecule has 0 radical (unpaired) electrons. The number of aliphatic hydroxyl groups excluding tert-OH is 1. The molecule has 2 atom stereocenters. The van der Waals surface area contributed by atoms with Gasteiger partial charge in [-0.2, -0.15) is 0 Å². The molecule has 2 N–H and O–H groups in total. The minimum absolute atomic E-state index is 0.256. The lowest BCUT2D eigenvalue weighted by Gasteiger charge is -2.23. The van der Waals surface area contributed by atoms with Crippen molar-refractivity contribution >= 4 is 0 Å². The minimum atomic E-state index is -0.256. The van der Waals surface area contributed by atoms with Crippen LogP contribution in [0.15, 0.2) is 24.4 Å². The Kier molecular flexibility index (Phi) is 5.22. The lowest BCUT2D eigenvalue weighted by atomic mass is 10.1. The third-order valence-electron chi connectivity index (χ3n) is 4.63. The monoisotopic (exact) mass is 289 g/mol. The van der Waals surface area contributed by atoms with Gasteiger partial charge in [-0.25, -0.2) is 0 Å². The predicted octanol–water partition coefficient (Wildman–Crippen LogP) is 1.45. The van der Waals surface area contributed by atoms with E-state index in [0.29, 0.717) is 12.6 Å². The predicted molar refractivity (Wildman–Crippen MR) is 84.1 cm³/mol. The van der Waals surface area contributed by atoms with Gasteiger partial charge in [0.15, 0.2) is 0 Å². The first-order valence-corrected chi connectivity index (χ1v) is 8.35. The summed E-state index contributed by atoms with van der Waals surface area (Å²) in [6, 6.07) is 6.57. The molecule has 0 aromatic carbocycles. The molecule has 116 valence electrons. The number of β-amino-alcohol motifs (C(OH)–C–C–N with tert-alkyl or cyclic N) is 1. The summed E-state index contributed by atoms with van der Waals surface area (Å²) in [7, 11) is 0. The first-order chi connectivity index (χ1) is 10.3. The number of nitrogens with zero attached hydrogens (tertiary/aromatic N) is 2. The maximum Gasteiger partial charge on any atom is 0.0791 e. The van der Waals surface area contributed by atoms with E-state index >= 15 is 0 Å². The lowest BCUT2D eigenvalue weighted by Crippen LogP contribution is -2.42. The number of likely N-dealkylation sites (tertiary alicyclic amines) is 1. The Labute approximate surface area is 127 Å². The van der Waals surface area contributed by atoms with E-state index in [2.05, 4.69) is 27.3 Å². The number of aliphatic hydroxyl groups is 1. The average molecular weight is 289 g/mol. The molecule has 0 amide bonds. The summed E-state index contributed by atoms with van der Waals surface area (Å²) in [5, 5.41) is 13.8. The normalized spacial score (nSPS) is 22.3. The number of hydrogen-bond acceptors (Lipinski definition) is 4. The van der Waals surface area contributed by atoms with Crippen molar-refractivity contribution in [3.05, 3.63) is 30.1 Å². The highest BCUT2D eigenvalue weighted by atomic mass is 16.3. The molecular weight excluding hydrogens is 262 g/mol. The second-order valence-electron chi connectivity index (χ2n) is 6.54. The molecule has 21 heavy (non-hydrogen) atoms. The number of rotatable bonds is 8. The Hall–Kier alpha value is -0.970. The van der Waals surface area contributed by atoms with Crippen LogP contribution in [-0.4, -0.2) is 53.3 Å². The quantitative estimate of drug-likeness (QED) is 0.760. The first kappa shape index (κ1) is 14.9. The molecule has 3 rings (SSSR count). The fraction of sp³-hybridized carbons (Fsp3) is 0.706. The molecule has 4 heteroatoms. The molecular formula is C17H27N3O. The summed E-state index contributed by atoms with van der Waals surface area (Å²) >= 11 is 0. The van der Waals surface area contributed by atoms with Gasteiger partial charge in [-0.15, -0.1) is 0 Å². The van der Waals surface area contributed by atoms with Crippen LogP contribution in [0.25, 0.3) is 0 Å². The third kappa shape index (κ3) is 4.77. The van der Waals surface area contributed by atoms with E-state index in [0.717, 1.165) is 37.7 Å². The number of aromatic nitrogens is 1. The van der Waals surface area contributed by atoms with Gasteiger partial charge in [0.2, 0.25) is 0 Å². The Morgan fingerprint density at radius 2 is 2.10 bits per heavy atom. The first-order valence-electron chi connectivity index (χ1n) is 8.35. The molecule has 1 saturated heterocycles. The van der Waals surface area contributed by atoms with E-state index in [9.17, 15) is 5.11 Å². The minimum Gasteiger partial charge on any atom is -0.390 e. The molecule has 0 bridgehead atoms. The van der Waals surface area contributed by atoms with E-state index < -0.39 is 0 Å². The van der Waals surface area contributed by atoms with Crippen molar-refractivity contribution in [3.8, 4) is 0 Å². The van der Waals surface area contributed by atoms with Gasteiger partial charge in [0.1, 0.15) is 0 Å². The van der Waals surface area contributed by atoms with Gasteiger partial charge in [-0.3, -0.25) is 4.98 Å². The van der Waals surface area contributed by atoms with Crippen molar-refractivity contribution in [1.82, 2.24) is 15.2 Å². The van der Waals surface area contributed by atoms with Crippen LogP contribution >= 0.6 is 0 Å². The third-order valence-corrected chi connectivity index (χ3v) is 4.63. The van der Waals surface area contributed by atoms with Crippen LogP contribution in [0.3, 0.4) is 0 Å². The summed E-state index contributed by atoms with van der Waals surface area (Å²) in [4.78, 5) is 6.80. The van der Waals surface area contributed by atoms with E-state index in [1.165, 1.54) is 25.7 Å². The zero-order chi connectivity index (χ0) is 14.5. The van der Waals surface area contributed by atoms with Crippen LogP contribution in [0.4, 0.5) is 0 Å². The number of nitrogens with one attached hydrogen (secondary N) is 1. The van der Waals surface area contributed by atoms with Gasteiger partial charge in [-0.05, 0) is 56.8 Å². The largest absolute Gasteiger partial charge is 0.390 e. The molecule has 1 saturated carbocycles. The maximum absolute atomic E-state index is 10.2. The molecule has 2 unspecified atom stereocenters. The standard InChI is InChI=1S/C17H27N3O/c21-16(13-20-9-3-4-10-20)12-19-17(14-6-7-14)11-15-5-1-2-8-18-15/h1-2,5,8,14,16-17,19,21H,3-4,6-7,9-13H2. The topological polar surface area (TPSA) is 48.4 Å². The highest BCUT2D eigenvalue weighted by Crippen LogP contribution is 2.33. The Bertz CT molecular complexity index is 415. The molecule has 4 nitrogen and oxygen atoms in total. The lowest BCUT2D eigenvalue weighted by molar-refractivity contribution is 0.119. The molecule has 1 aliphatic carbocycles. The van der Waals surface area contributed by atoms with Crippen molar-refractivity contribution < 1.29 is 5.11 Å². The summed E-state index contributed by atoms with van der Waals surface area (Å²) in [5.74, 6) is 0.769. The van der Waals surface area contributed by atoms with Crippen molar-refractivity contribution in [2.24, 2.45) is 5.92 Å². The van der Waals surface area contributed by atoms with Crippen LogP contribution < -0.4 is 5.32 Å². The van der Waals surface area contributed by atoms with Gasteiger partial charge in [0.25, 0.3) is 0 Å². The molecule has 1 aromatic heterocycles. The van der Waals surface area contributed by atoms with Gasteiger partial charge in [0, 0.05) is 37.4 Å². The number of pyridine rings is 1. The smallest absolute Gasteiger partial charge is 0.0791 e. The van der Waals surface area contributed by atoms with Crippen molar-refractivity contribution in [1.29, 1.82) is 0 Å². The fourth-order valence-corrected chi connectivity index (χ4v) is 3.26. The summed E-state index contributed by atoms with van der Waals surface area (Å²) < 4.78 is 0. The van der Waals surface area contributed by atoms with E-state index in [4.69, 9.17) is 0 Å². The van der Waals surface area contributed by atoms with E-state index in [1.54, 1.807) is 0 Å². The van der Waals surface area contributed by atoms with Gasteiger partial charge in [-0.1, -0.05) is 6.07 Å². The van der Waals surface area contributed by atoms with Crippen molar-refractivity contribution in [2.45, 2.75) is 44.2 Å². The second kappa shape index (κ2) is 7.34. The molecule has 2 heterocycles. The van der Waals surface area contributed by atoms with Gasteiger partial charge < -0.3 is 15.3 Å². The average Bonchev–Trinajstić information content (AvgIpc) is 3.23. The fourth-order valence-electron chi connectivity index (χ4n) is 3.26. The van der Waals surface area contributed by atoms with E-state index in [1.807, 2.05) is 12.3 Å². The molecule has 0 spiro atoms. The summed E-state index contributed by atoms with van der Waals surface area (Å²) in [6.45, 7) is 3.81. The van der Waals surface area contributed by atoms with E-state index in [-0.39, 0.29) is 6.10 Å². The summed E-state index contributed by atoms with van der Waals surface area (Å²) in [6.07, 6.45) is 7.77. The van der Waals surface area contributed by atoms with Crippen LogP contribution in [0, 0.1) is 5.92 Å². The van der Waals surface area contributed by atoms with Crippen LogP contribution in [0.1, 0.15) is 31.4 Å². The van der Waals surface area contributed by atoms with Crippen LogP contribution in [0.5, 0.6) is 0 Å².